The Morgan fingerprint density at radius 1 is 1.47 bits per heavy atom. The maximum absolute atomic E-state index is 5.42. The SMILES string of the molecule is CC(C)=CCC[C@H](C)[C@@H]1C[C@@H]2OO[C@H]1C=C2C. The highest BCUT2D eigenvalue weighted by Crippen LogP contribution is 2.39. The molecule has 2 nitrogen and oxygen atoms in total. The number of allylic oxidation sites excluding steroid dienone is 2. The summed E-state index contributed by atoms with van der Waals surface area (Å²) >= 11 is 0. The Balaban J connectivity index is 1.89. The molecule has 2 bridgehead atoms. The smallest absolute Gasteiger partial charge is 0.115 e. The molecule has 0 aromatic heterocycles. The van der Waals surface area contributed by atoms with E-state index in [1.54, 1.807) is 0 Å². The molecule has 4 atom stereocenters. The van der Waals surface area contributed by atoms with E-state index in [0.717, 1.165) is 6.42 Å². The van der Waals surface area contributed by atoms with E-state index in [-0.39, 0.29) is 12.2 Å². The van der Waals surface area contributed by atoms with Gasteiger partial charge in [0, 0.05) is 0 Å². The lowest BCUT2D eigenvalue weighted by Crippen LogP contribution is -2.43. The summed E-state index contributed by atoms with van der Waals surface area (Å²) in [4.78, 5) is 10.7. The van der Waals surface area contributed by atoms with E-state index in [2.05, 4.69) is 39.8 Å². The van der Waals surface area contributed by atoms with Crippen LogP contribution in [0.15, 0.2) is 23.3 Å². The van der Waals surface area contributed by atoms with Gasteiger partial charge in [0.15, 0.2) is 0 Å². The predicted molar refractivity (Wildman–Crippen MR) is 69.4 cm³/mol. The highest BCUT2D eigenvalue weighted by atomic mass is 17.2. The van der Waals surface area contributed by atoms with Gasteiger partial charge in [-0.25, -0.2) is 9.78 Å². The van der Waals surface area contributed by atoms with Gasteiger partial charge in [-0.15, -0.1) is 0 Å². The van der Waals surface area contributed by atoms with Crippen molar-refractivity contribution in [1.82, 2.24) is 0 Å². The highest BCUT2D eigenvalue weighted by molar-refractivity contribution is 5.16. The molecule has 0 spiro atoms. The van der Waals surface area contributed by atoms with E-state index in [0.29, 0.717) is 11.8 Å². The van der Waals surface area contributed by atoms with Crippen LogP contribution in [-0.4, -0.2) is 12.2 Å². The molecule has 96 valence electrons. The number of fused-ring (bicyclic) bond motifs is 2. The highest BCUT2D eigenvalue weighted by Gasteiger charge is 2.39. The fourth-order valence-electron chi connectivity index (χ4n) is 2.81. The maximum Gasteiger partial charge on any atom is 0.115 e. The van der Waals surface area contributed by atoms with E-state index < -0.39 is 0 Å². The van der Waals surface area contributed by atoms with Crippen molar-refractivity contribution in [3.05, 3.63) is 23.3 Å². The third-order valence-corrected chi connectivity index (χ3v) is 4.03. The molecule has 0 aromatic carbocycles. The summed E-state index contributed by atoms with van der Waals surface area (Å²) in [5, 5.41) is 0. The monoisotopic (exact) mass is 236 g/mol. The molecule has 17 heavy (non-hydrogen) atoms. The molecule has 1 saturated heterocycles. The fourth-order valence-corrected chi connectivity index (χ4v) is 2.81. The maximum atomic E-state index is 5.42. The Morgan fingerprint density at radius 3 is 2.76 bits per heavy atom. The molecule has 2 heterocycles. The first-order chi connectivity index (χ1) is 8.08. The molecule has 0 radical (unpaired) electrons. The van der Waals surface area contributed by atoms with Gasteiger partial charge < -0.3 is 0 Å². The topological polar surface area (TPSA) is 18.5 Å². The van der Waals surface area contributed by atoms with E-state index >= 15 is 0 Å². The Labute approximate surface area is 105 Å². The van der Waals surface area contributed by atoms with Crippen LogP contribution in [-0.2, 0) is 9.78 Å². The third-order valence-electron chi connectivity index (χ3n) is 4.03. The van der Waals surface area contributed by atoms with Crippen molar-refractivity contribution in [3.63, 3.8) is 0 Å². The van der Waals surface area contributed by atoms with Gasteiger partial charge in [0.2, 0.25) is 0 Å². The zero-order valence-corrected chi connectivity index (χ0v) is 11.4. The van der Waals surface area contributed by atoms with Crippen LogP contribution in [0.25, 0.3) is 0 Å². The van der Waals surface area contributed by atoms with Crippen LogP contribution in [0.3, 0.4) is 0 Å². The van der Waals surface area contributed by atoms with Gasteiger partial charge in [0.1, 0.15) is 12.2 Å². The van der Waals surface area contributed by atoms with Crippen molar-refractivity contribution in [2.24, 2.45) is 11.8 Å². The Hall–Kier alpha value is -0.600. The van der Waals surface area contributed by atoms with Crippen molar-refractivity contribution in [1.29, 1.82) is 0 Å². The van der Waals surface area contributed by atoms with Crippen LogP contribution in [0.2, 0.25) is 0 Å². The second-order valence-electron chi connectivity index (χ2n) is 5.79. The molecule has 1 aliphatic carbocycles. The van der Waals surface area contributed by atoms with Gasteiger partial charge in [0.05, 0.1) is 0 Å². The molecule has 0 aromatic rings. The van der Waals surface area contributed by atoms with Crippen LogP contribution in [0, 0.1) is 11.8 Å². The summed E-state index contributed by atoms with van der Waals surface area (Å²) in [7, 11) is 0. The summed E-state index contributed by atoms with van der Waals surface area (Å²) in [6.45, 7) is 8.81. The van der Waals surface area contributed by atoms with E-state index in [4.69, 9.17) is 9.78 Å². The summed E-state index contributed by atoms with van der Waals surface area (Å²) in [6.07, 6.45) is 8.52. The lowest BCUT2D eigenvalue weighted by Gasteiger charge is -2.41. The van der Waals surface area contributed by atoms with Crippen molar-refractivity contribution in [2.45, 2.75) is 59.2 Å². The second kappa shape index (κ2) is 5.36. The van der Waals surface area contributed by atoms with Crippen molar-refractivity contribution < 1.29 is 9.78 Å². The minimum Gasteiger partial charge on any atom is -0.228 e. The van der Waals surface area contributed by atoms with Crippen molar-refractivity contribution in [2.75, 3.05) is 0 Å². The van der Waals surface area contributed by atoms with Crippen molar-refractivity contribution in [3.8, 4) is 0 Å². The van der Waals surface area contributed by atoms with Gasteiger partial charge in [-0.3, -0.25) is 0 Å². The summed E-state index contributed by atoms with van der Waals surface area (Å²) in [6, 6.07) is 0. The molecule has 3 rings (SSSR count). The van der Waals surface area contributed by atoms with Gasteiger partial charge in [-0.1, -0.05) is 24.6 Å². The van der Waals surface area contributed by atoms with Crippen LogP contribution in [0.4, 0.5) is 0 Å². The second-order valence-corrected chi connectivity index (χ2v) is 5.79. The first-order valence-electron chi connectivity index (χ1n) is 6.71. The Morgan fingerprint density at radius 2 is 2.24 bits per heavy atom. The van der Waals surface area contributed by atoms with Gasteiger partial charge in [0.25, 0.3) is 0 Å². The standard InChI is InChI=1S/C15H24O2/c1-10(2)6-5-7-11(3)13-9-14-12(4)8-15(13)17-16-14/h6,8,11,13-15H,5,7,9H2,1-4H3/t11-,13-,14-,15-/m0/s1. The largest absolute Gasteiger partial charge is 0.228 e. The predicted octanol–water partition coefficient (Wildman–Crippen LogP) is 4.03. The summed E-state index contributed by atoms with van der Waals surface area (Å²) in [5.74, 6) is 1.33. The average molecular weight is 236 g/mol. The minimum absolute atomic E-state index is 0.182. The Kier molecular flexibility index (Phi) is 4.05. The van der Waals surface area contributed by atoms with Gasteiger partial charge in [-0.05, 0) is 57.4 Å². The van der Waals surface area contributed by atoms with Crippen LogP contribution in [0.5, 0.6) is 0 Å². The zero-order valence-electron chi connectivity index (χ0n) is 11.4. The van der Waals surface area contributed by atoms with Gasteiger partial charge in [-0.2, -0.15) is 0 Å². The molecule has 0 amide bonds. The van der Waals surface area contributed by atoms with Gasteiger partial charge >= 0.3 is 0 Å². The molecule has 2 aliphatic heterocycles. The van der Waals surface area contributed by atoms with E-state index in [9.17, 15) is 0 Å². The summed E-state index contributed by atoms with van der Waals surface area (Å²) < 4.78 is 0. The molecule has 1 fully saturated rings. The van der Waals surface area contributed by atoms with Crippen LogP contribution >= 0.6 is 0 Å². The van der Waals surface area contributed by atoms with E-state index in [1.165, 1.54) is 24.0 Å². The Bertz CT molecular complexity index is 326. The molecular formula is C15H24O2. The van der Waals surface area contributed by atoms with E-state index in [1.807, 2.05) is 0 Å². The normalized spacial score (nSPS) is 33.2. The number of hydrogen-bond acceptors (Lipinski definition) is 2. The number of hydrogen-bond donors (Lipinski definition) is 0. The molecular weight excluding hydrogens is 212 g/mol. The average Bonchev–Trinajstić information content (AvgIpc) is 2.28. The van der Waals surface area contributed by atoms with Crippen LogP contribution < -0.4 is 0 Å². The first kappa shape index (κ1) is 12.8. The molecule has 0 N–H and O–H groups in total. The third kappa shape index (κ3) is 2.99. The van der Waals surface area contributed by atoms with Crippen LogP contribution in [0.1, 0.15) is 47.0 Å². The lowest BCUT2D eigenvalue weighted by atomic mass is 9.76. The fraction of sp³-hybridized carbons (Fsp3) is 0.733. The molecule has 2 heteroatoms. The minimum atomic E-state index is 0.182. The zero-order chi connectivity index (χ0) is 12.4. The molecule has 3 aliphatic rings. The molecule has 0 saturated carbocycles. The lowest BCUT2D eigenvalue weighted by molar-refractivity contribution is -0.380. The quantitative estimate of drug-likeness (QED) is 0.542. The number of rotatable bonds is 4. The van der Waals surface area contributed by atoms with Crippen molar-refractivity contribution >= 4 is 0 Å². The summed E-state index contributed by atoms with van der Waals surface area (Å²) in [5.41, 5.74) is 2.76. The molecule has 0 unspecified atom stereocenters. The first-order valence-corrected chi connectivity index (χ1v) is 6.71.